The number of nitrogens with one attached hydrogen (secondary N) is 1. The first kappa shape index (κ1) is 46.7. The molecule has 1 N–H and O–H groups in total. The predicted octanol–water partition coefficient (Wildman–Crippen LogP) is 7.28. The van der Waals surface area contributed by atoms with Crippen LogP contribution in [0.25, 0.3) is 0 Å². The van der Waals surface area contributed by atoms with Crippen LogP contribution in [0.5, 0.6) is 0 Å². The third-order valence-electron chi connectivity index (χ3n) is 12.3. The summed E-state index contributed by atoms with van der Waals surface area (Å²) in [5.41, 5.74) is 2.73. The molecular weight excluding hydrogens is 703 g/mol. The molecule has 1 aromatic carbocycles. The number of carbonyl (C=O) groups is 4. The maximum atomic E-state index is 13.4. The van der Waals surface area contributed by atoms with Gasteiger partial charge in [0.2, 0.25) is 11.8 Å². The summed E-state index contributed by atoms with van der Waals surface area (Å²) >= 11 is 0. The van der Waals surface area contributed by atoms with E-state index < -0.39 is 6.04 Å². The molecule has 0 spiro atoms. The molecule has 6 aliphatic heterocycles. The van der Waals surface area contributed by atoms with Crippen LogP contribution in [0.4, 0.5) is 10.5 Å². The third kappa shape index (κ3) is 11.7. The second-order valence-electron chi connectivity index (χ2n) is 15.6. The summed E-state index contributed by atoms with van der Waals surface area (Å²) in [5.74, 6) is 0.831. The van der Waals surface area contributed by atoms with E-state index >= 15 is 0 Å². The number of likely N-dealkylation sites (tertiary alicyclic amines) is 3. The van der Waals surface area contributed by atoms with E-state index in [1.165, 1.54) is 38.9 Å². The summed E-state index contributed by atoms with van der Waals surface area (Å²) in [5, 5.41) is 2.38. The predicted molar refractivity (Wildman–Crippen MR) is 232 cm³/mol. The molecule has 0 aliphatic carbocycles. The number of rotatable bonds is 7. The molecule has 5 amide bonds. The number of anilines is 1. The fourth-order valence-corrected chi connectivity index (χ4v) is 9.18. The Hall–Kier alpha value is -3.70. The highest BCUT2D eigenvalue weighted by atomic mass is 16.2. The maximum absolute atomic E-state index is 13.4. The zero-order chi connectivity index (χ0) is 38.6. The summed E-state index contributed by atoms with van der Waals surface area (Å²) in [6.45, 7) is 23.2. The number of imide groups is 1. The number of allylic oxidation sites excluding steroid dienone is 3. The molecule has 11 nitrogen and oxygen atoms in total. The number of amides is 5. The molecule has 0 bridgehead atoms. The number of nitrogens with zero attached hydrogens (tertiary/aromatic N) is 6. The van der Waals surface area contributed by atoms with Gasteiger partial charge in [0.25, 0.3) is 5.91 Å². The minimum Gasteiger partial charge on any atom is -0.369 e. The lowest BCUT2D eigenvalue weighted by molar-refractivity contribution is -0.136. The van der Waals surface area contributed by atoms with E-state index in [-0.39, 0.29) is 46.5 Å². The van der Waals surface area contributed by atoms with Gasteiger partial charge < -0.3 is 24.5 Å². The van der Waals surface area contributed by atoms with E-state index in [1.807, 2.05) is 45.1 Å². The number of benzene rings is 1. The highest BCUT2D eigenvalue weighted by Gasteiger charge is 2.39. The normalized spacial score (nSPS) is 23.9. The van der Waals surface area contributed by atoms with Gasteiger partial charge in [0.05, 0.1) is 0 Å². The Morgan fingerprint density at radius 3 is 2.12 bits per heavy atom. The molecule has 7 rings (SSSR count). The zero-order valence-corrected chi connectivity index (χ0v) is 33.6. The lowest BCUT2D eigenvalue weighted by Crippen LogP contribution is -2.55. The van der Waals surface area contributed by atoms with Crippen LogP contribution in [-0.4, -0.2) is 132 Å². The fraction of sp³-hybridized carbons (Fsp3) is 0.689. The largest absolute Gasteiger partial charge is 0.369 e. The molecule has 5 saturated heterocycles. The van der Waals surface area contributed by atoms with Crippen molar-refractivity contribution in [2.75, 3.05) is 76.9 Å². The first-order chi connectivity index (χ1) is 26.3. The number of carbonyl (C=O) groups excluding carboxylic acids is 4. The molecule has 5 fully saturated rings. The number of piperidine rings is 4. The van der Waals surface area contributed by atoms with Gasteiger partial charge in [-0.1, -0.05) is 66.9 Å². The molecule has 6 aliphatic rings. The lowest BCUT2D eigenvalue weighted by Gasteiger charge is -2.44. The van der Waals surface area contributed by atoms with Crippen molar-refractivity contribution in [2.45, 2.75) is 119 Å². The van der Waals surface area contributed by atoms with Gasteiger partial charge >= 0.3 is 6.03 Å². The highest BCUT2D eigenvalue weighted by Crippen LogP contribution is 2.32. The van der Waals surface area contributed by atoms with Gasteiger partial charge in [0, 0.05) is 97.1 Å². The standard InChI is InChI=1S/C36H53N7O4.C5H8.C2H6.2CH4.H2/c1-2-26-4-3-13-38(23-26)24-27-9-14-41(15-10-27)36(47)42-16-11-29(12-17-42)39-18-20-40(21-19-39)30-5-6-31-28(22-30)25-43(35(31)46)32-7-8-33(44)37-34(32)45;1-3-5-4-2;1-2;;;/h5-6,22,26-27,29,32H,2-4,7-21,23-25H2,1H3,(H,37,44,45);3-5H,1H2,2H3;1-2H3;2*1H4;1H/b;5-4-;;;;. The van der Waals surface area contributed by atoms with Crippen molar-refractivity contribution in [1.82, 2.24) is 29.8 Å². The molecule has 1 aromatic rings. The van der Waals surface area contributed by atoms with Gasteiger partial charge in [-0.15, -0.1) is 0 Å². The van der Waals surface area contributed by atoms with E-state index in [2.05, 4.69) is 49.4 Å². The van der Waals surface area contributed by atoms with Gasteiger partial charge in [-0.25, -0.2) is 4.79 Å². The van der Waals surface area contributed by atoms with Crippen LogP contribution in [0.1, 0.15) is 118 Å². The molecule has 11 heteroatoms. The minimum absolute atomic E-state index is 0. The molecule has 2 atom stereocenters. The minimum atomic E-state index is -0.586. The second-order valence-corrected chi connectivity index (χ2v) is 15.6. The van der Waals surface area contributed by atoms with Gasteiger partial charge in [-0.3, -0.25) is 24.6 Å². The summed E-state index contributed by atoms with van der Waals surface area (Å²) in [6, 6.07) is 6.22. The Bertz CT molecular complexity index is 1470. The van der Waals surface area contributed by atoms with Gasteiger partial charge in [-0.05, 0) is 94.0 Å². The Morgan fingerprint density at radius 1 is 0.875 bits per heavy atom. The van der Waals surface area contributed by atoms with E-state index in [9.17, 15) is 19.2 Å². The lowest BCUT2D eigenvalue weighted by atomic mass is 9.92. The van der Waals surface area contributed by atoms with Crippen LogP contribution >= 0.6 is 0 Å². The Kier molecular flexibility index (Phi) is 19.1. The van der Waals surface area contributed by atoms with Crippen molar-refractivity contribution in [1.29, 1.82) is 0 Å². The van der Waals surface area contributed by atoms with Crippen LogP contribution in [0.3, 0.4) is 0 Å². The number of fused-ring (bicyclic) bond motifs is 1. The molecule has 56 heavy (non-hydrogen) atoms. The number of urea groups is 1. The first-order valence-corrected chi connectivity index (χ1v) is 21.0. The van der Waals surface area contributed by atoms with Crippen LogP contribution < -0.4 is 10.2 Å². The number of hydrogen-bond acceptors (Lipinski definition) is 7. The number of piperazine rings is 1. The molecule has 6 heterocycles. The summed E-state index contributed by atoms with van der Waals surface area (Å²) < 4.78 is 0. The van der Waals surface area contributed by atoms with E-state index in [1.54, 1.807) is 11.0 Å². The topological polar surface area (TPSA) is 99.8 Å². The van der Waals surface area contributed by atoms with E-state index in [0.717, 1.165) is 101 Å². The van der Waals surface area contributed by atoms with Gasteiger partial charge in [0.15, 0.2) is 0 Å². The van der Waals surface area contributed by atoms with Crippen LogP contribution in [0.15, 0.2) is 43.0 Å². The first-order valence-electron chi connectivity index (χ1n) is 21.0. The van der Waals surface area contributed by atoms with Crippen molar-refractivity contribution in [3.8, 4) is 0 Å². The molecule has 316 valence electrons. The van der Waals surface area contributed by atoms with Gasteiger partial charge in [0.1, 0.15) is 6.04 Å². The monoisotopic (exact) mass is 780 g/mol. The van der Waals surface area contributed by atoms with Crippen molar-refractivity contribution in [3.63, 3.8) is 0 Å². The van der Waals surface area contributed by atoms with E-state index in [4.69, 9.17) is 0 Å². The smallest absolute Gasteiger partial charge is 0.319 e. The van der Waals surface area contributed by atoms with E-state index in [0.29, 0.717) is 24.6 Å². The van der Waals surface area contributed by atoms with Crippen LogP contribution in [-0.2, 0) is 16.1 Å². The SMILES string of the molecule is C.C.C=C/C=C\C.CC.CCC1CCCN(CC2CCN(C(=O)N3CCC(N4CCN(c5ccc6c(c5)CN(C5CCC(=O)NC5=O)C6=O)CC4)CC3)CC2)C1.[HH]. The van der Waals surface area contributed by atoms with Gasteiger partial charge in [-0.2, -0.15) is 0 Å². The molecule has 0 aromatic heterocycles. The van der Waals surface area contributed by atoms with Crippen LogP contribution in [0, 0.1) is 11.8 Å². The van der Waals surface area contributed by atoms with Crippen molar-refractivity contribution in [3.05, 3.63) is 54.1 Å². The maximum Gasteiger partial charge on any atom is 0.319 e. The second kappa shape index (κ2) is 22.9. The van der Waals surface area contributed by atoms with Crippen molar-refractivity contribution in [2.24, 2.45) is 11.8 Å². The van der Waals surface area contributed by atoms with Crippen molar-refractivity contribution < 1.29 is 20.6 Å². The quantitative estimate of drug-likeness (QED) is 0.230. The molecule has 0 radical (unpaired) electrons. The van der Waals surface area contributed by atoms with Crippen LogP contribution in [0.2, 0.25) is 0 Å². The average Bonchev–Trinajstić information content (AvgIpc) is 3.54. The number of hydrogen-bond donors (Lipinski definition) is 1. The Labute approximate surface area is 341 Å². The molecule has 2 unspecified atom stereocenters. The van der Waals surface area contributed by atoms with Crippen molar-refractivity contribution >= 4 is 29.4 Å². The molecule has 0 saturated carbocycles. The summed E-state index contributed by atoms with van der Waals surface area (Å²) in [6.07, 6.45) is 14.6. The summed E-state index contributed by atoms with van der Waals surface area (Å²) in [7, 11) is 0. The summed E-state index contributed by atoms with van der Waals surface area (Å²) in [4.78, 5) is 64.0. The third-order valence-corrected chi connectivity index (χ3v) is 12.3. The zero-order valence-electron chi connectivity index (χ0n) is 33.6. The Morgan fingerprint density at radius 2 is 1.54 bits per heavy atom. The molecular formula is C45H77N7O4. The fourth-order valence-electron chi connectivity index (χ4n) is 9.18. The average molecular weight is 780 g/mol. The highest BCUT2D eigenvalue weighted by molar-refractivity contribution is 6.05. The Balaban J connectivity index is 0.00000104.